The van der Waals surface area contributed by atoms with Crippen LogP contribution in [0.5, 0.6) is 5.75 Å². The highest BCUT2D eigenvalue weighted by Gasteiger charge is 2.00. The summed E-state index contributed by atoms with van der Waals surface area (Å²) in [6.07, 6.45) is 3.36. The van der Waals surface area contributed by atoms with Gasteiger partial charge in [-0.3, -0.25) is 0 Å². The van der Waals surface area contributed by atoms with Crippen LogP contribution in [0.15, 0.2) is 36.8 Å². The molecule has 4 heteroatoms. The molecule has 2 aromatic rings. The number of aliphatic hydroxyl groups excluding tert-OH is 1. The number of aliphatic hydroxyl groups is 1. The smallest absolute Gasteiger partial charge is 0.119 e. The number of aromatic nitrogens is 2. The molecule has 17 heavy (non-hydrogen) atoms. The molecule has 0 unspecified atom stereocenters. The number of hydrogen-bond donors (Lipinski definition) is 1. The molecule has 0 aliphatic carbocycles. The van der Waals surface area contributed by atoms with E-state index < -0.39 is 0 Å². The van der Waals surface area contributed by atoms with Gasteiger partial charge in [0.15, 0.2) is 0 Å². The fraction of sp³-hybridized carbons (Fsp3) is 0.308. The van der Waals surface area contributed by atoms with E-state index >= 15 is 0 Å². The predicted octanol–water partition coefficient (Wildman–Crippen LogP) is 1.76. The zero-order valence-electron chi connectivity index (χ0n) is 9.84. The summed E-state index contributed by atoms with van der Waals surface area (Å²) in [4.78, 5) is 3.98. The van der Waals surface area contributed by atoms with E-state index in [2.05, 4.69) is 4.98 Å². The van der Waals surface area contributed by atoms with E-state index in [-0.39, 0.29) is 6.61 Å². The molecule has 0 radical (unpaired) electrons. The molecule has 1 N–H and O–H groups in total. The Morgan fingerprint density at radius 1 is 1.41 bits per heavy atom. The molecule has 0 spiro atoms. The van der Waals surface area contributed by atoms with Crippen molar-refractivity contribution in [2.75, 3.05) is 6.61 Å². The second-order valence-electron chi connectivity index (χ2n) is 3.90. The van der Waals surface area contributed by atoms with Gasteiger partial charge < -0.3 is 14.4 Å². The highest BCUT2D eigenvalue weighted by molar-refractivity contribution is 5.27. The molecule has 0 saturated carbocycles. The summed E-state index contributed by atoms with van der Waals surface area (Å²) in [6, 6.07) is 7.95. The molecule has 0 amide bonds. The van der Waals surface area contributed by atoms with Gasteiger partial charge in [-0.15, -0.1) is 0 Å². The number of benzene rings is 1. The van der Waals surface area contributed by atoms with Crippen molar-refractivity contribution in [3.63, 3.8) is 0 Å². The number of ether oxygens (including phenoxy) is 1. The quantitative estimate of drug-likeness (QED) is 0.854. The average Bonchev–Trinajstić information content (AvgIpc) is 2.77. The normalized spacial score (nSPS) is 10.5. The van der Waals surface area contributed by atoms with Crippen LogP contribution in [0, 0.1) is 6.92 Å². The van der Waals surface area contributed by atoms with Gasteiger partial charge in [0.2, 0.25) is 0 Å². The van der Waals surface area contributed by atoms with Gasteiger partial charge in [-0.2, -0.15) is 0 Å². The second-order valence-corrected chi connectivity index (χ2v) is 3.90. The van der Waals surface area contributed by atoms with Gasteiger partial charge in [-0.1, -0.05) is 12.1 Å². The zero-order valence-corrected chi connectivity index (χ0v) is 9.84. The van der Waals surface area contributed by atoms with E-state index in [0.717, 1.165) is 11.4 Å². The molecular formula is C13H16N2O2. The van der Waals surface area contributed by atoms with Crippen molar-refractivity contribution in [2.24, 2.45) is 0 Å². The van der Waals surface area contributed by atoms with Crippen LogP contribution in [0.1, 0.15) is 11.3 Å². The van der Waals surface area contributed by atoms with E-state index in [9.17, 15) is 0 Å². The molecule has 4 nitrogen and oxygen atoms in total. The predicted molar refractivity (Wildman–Crippen MR) is 64.8 cm³/mol. The number of rotatable bonds is 5. The first-order chi connectivity index (χ1) is 8.29. The minimum Gasteiger partial charge on any atom is -0.492 e. The van der Waals surface area contributed by atoms with E-state index in [4.69, 9.17) is 9.84 Å². The molecule has 0 aliphatic heterocycles. The maximum Gasteiger partial charge on any atom is 0.119 e. The fourth-order valence-corrected chi connectivity index (χ4v) is 1.65. The molecule has 0 saturated heterocycles. The van der Waals surface area contributed by atoms with Crippen molar-refractivity contribution in [1.82, 2.24) is 9.55 Å². The lowest BCUT2D eigenvalue weighted by molar-refractivity contribution is 0.259. The second kappa shape index (κ2) is 5.50. The van der Waals surface area contributed by atoms with Gasteiger partial charge >= 0.3 is 0 Å². The van der Waals surface area contributed by atoms with Crippen molar-refractivity contribution in [3.8, 4) is 5.75 Å². The minimum absolute atomic E-state index is 0.00441. The highest BCUT2D eigenvalue weighted by atomic mass is 16.5. The molecule has 2 rings (SSSR count). The Labute approximate surface area is 100 Å². The third-order valence-electron chi connectivity index (χ3n) is 2.55. The summed E-state index contributed by atoms with van der Waals surface area (Å²) in [6.45, 7) is 3.29. The Balaban J connectivity index is 1.87. The van der Waals surface area contributed by atoms with Crippen LogP contribution in [0.25, 0.3) is 0 Å². The van der Waals surface area contributed by atoms with Gasteiger partial charge in [0, 0.05) is 0 Å². The standard InChI is InChI=1S/C13H16N2O2/c1-11-3-2-4-13(7-11)17-6-5-15-10-14-8-12(15)9-16/h2-4,7-8,10,16H,5-6,9H2,1H3. The first-order valence-electron chi connectivity index (χ1n) is 5.59. The van der Waals surface area contributed by atoms with Crippen molar-refractivity contribution < 1.29 is 9.84 Å². The van der Waals surface area contributed by atoms with Gasteiger partial charge in [0.25, 0.3) is 0 Å². The molecule has 90 valence electrons. The SMILES string of the molecule is Cc1cccc(OCCn2cncc2CO)c1. The van der Waals surface area contributed by atoms with Gasteiger partial charge in [0.05, 0.1) is 31.4 Å². The molecule has 0 atom stereocenters. The molecule has 0 bridgehead atoms. The number of imidazole rings is 1. The third kappa shape index (κ3) is 3.07. The average molecular weight is 232 g/mol. The lowest BCUT2D eigenvalue weighted by Crippen LogP contribution is -2.09. The van der Waals surface area contributed by atoms with Crippen LogP contribution in [-0.4, -0.2) is 21.3 Å². The van der Waals surface area contributed by atoms with Crippen molar-refractivity contribution in [1.29, 1.82) is 0 Å². The largest absolute Gasteiger partial charge is 0.492 e. The Bertz CT molecular complexity index is 480. The maximum absolute atomic E-state index is 9.06. The molecular weight excluding hydrogens is 216 g/mol. The van der Waals surface area contributed by atoms with Crippen molar-refractivity contribution in [3.05, 3.63) is 48.0 Å². The first-order valence-corrected chi connectivity index (χ1v) is 5.59. The van der Waals surface area contributed by atoms with Gasteiger partial charge in [-0.05, 0) is 24.6 Å². The molecule has 0 aliphatic rings. The molecule has 0 fully saturated rings. The van der Waals surface area contributed by atoms with Gasteiger partial charge in [-0.25, -0.2) is 4.98 Å². The number of nitrogens with zero attached hydrogens (tertiary/aromatic N) is 2. The van der Waals surface area contributed by atoms with Crippen LogP contribution < -0.4 is 4.74 Å². The Morgan fingerprint density at radius 3 is 3.06 bits per heavy atom. The summed E-state index contributed by atoms with van der Waals surface area (Å²) in [5.74, 6) is 0.871. The first kappa shape index (κ1) is 11.7. The van der Waals surface area contributed by atoms with Crippen LogP contribution >= 0.6 is 0 Å². The maximum atomic E-state index is 9.06. The summed E-state index contributed by atoms with van der Waals surface area (Å²) in [7, 11) is 0. The molecule has 1 aromatic carbocycles. The highest BCUT2D eigenvalue weighted by Crippen LogP contribution is 2.12. The summed E-state index contributed by atoms with van der Waals surface area (Å²) in [5, 5.41) is 9.06. The van der Waals surface area contributed by atoms with Crippen LogP contribution in [0.2, 0.25) is 0 Å². The van der Waals surface area contributed by atoms with E-state index in [1.165, 1.54) is 5.56 Å². The van der Waals surface area contributed by atoms with Crippen molar-refractivity contribution >= 4 is 0 Å². The Kier molecular flexibility index (Phi) is 3.77. The summed E-state index contributed by atoms with van der Waals surface area (Å²) in [5.41, 5.74) is 1.99. The van der Waals surface area contributed by atoms with Gasteiger partial charge in [0.1, 0.15) is 12.4 Å². The fourth-order valence-electron chi connectivity index (χ4n) is 1.65. The summed E-state index contributed by atoms with van der Waals surface area (Å²) < 4.78 is 7.51. The third-order valence-corrected chi connectivity index (χ3v) is 2.55. The summed E-state index contributed by atoms with van der Waals surface area (Å²) >= 11 is 0. The lowest BCUT2D eigenvalue weighted by Gasteiger charge is -2.09. The van der Waals surface area contributed by atoms with Crippen LogP contribution in [-0.2, 0) is 13.2 Å². The number of aryl methyl sites for hydroxylation is 1. The van der Waals surface area contributed by atoms with E-state index in [0.29, 0.717) is 13.2 Å². The molecule has 1 heterocycles. The lowest BCUT2D eigenvalue weighted by atomic mass is 10.2. The van der Waals surface area contributed by atoms with E-state index in [1.807, 2.05) is 35.8 Å². The van der Waals surface area contributed by atoms with Crippen LogP contribution in [0.3, 0.4) is 0 Å². The Hall–Kier alpha value is -1.81. The molecule has 1 aromatic heterocycles. The number of hydrogen-bond acceptors (Lipinski definition) is 3. The zero-order chi connectivity index (χ0) is 12.1. The van der Waals surface area contributed by atoms with Crippen molar-refractivity contribution in [2.45, 2.75) is 20.1 Å². The van der Waals surface area contributed by atoms with Crippen LogP contribution in [0.4, 0.5) is 0 Å². The topological polar surface area (TPSA) is 47.3 Å². The van der Waals surface area contributed by atoms with E-state index in [1.54, 1.807) is 12.5 Å². The monoisotopic (exact) mass is 232 g/mol. The minimum atomic E-state index is 0.00441. The Morgan fingerprint density at radius 2 is 2.29 bits per heavy atom.